The Morgan fingerprint density at radius 1 is 1.05 bits per heavy atom. The molecule has 0 aliphatic carbocycles. The molecule has 0 aliphatic rings. The van der Waals surface area contributed by atoms with E-state index in [0.717, 1.165) is 45.8 Å². The predicted molar refractivity (Wildman–Crippen MR) is 172 cm³/mol. The summed E-state index contributed by atoms with van der Waals surface area (Å²) in [6.07, 6.45) is 5.09. The number of aryl methyl sites for hydroxylation is 2. The number of carboxylic acid groups (broad SMARTS) is 1. The summed E-state index contributed by atoms with van der Waals surface area (Å²) in [5.74, 6) is -0.196. The smallest absolute Gasteiger partial charge is 0.335 e. The van der Waals surface area contributed by atoms with E-state index in [4.69, 9.17) is 21.3 Å². The van der Waals surface area contributed by atoms with Crippen LogP contribution in [-0.4, -0.2) is 43.7 Å². The van der Waals surface area contributed by atoms with Crippen molar-refractivity contribution < 1.29 is 14.6 Å². The summed E-state index contributed by atoms with van der Waals surface area (Å²) < 4.78 is 9.51. The normalized spacial score (nSPS) is 12.1. The summed E-state index contributed by atoms with van der Waals surface area (Å²) in [5.41, 5.74) is 5.04. The van der Waals surface area contributed by atoms with E-state index >= 15 is 0 Å². The summed E-state index contributed by atoms with van der Waals surface area (Å²) in [7, 11) is 0. The number of benzene rings is 2. The second-order valence-corrected chi connectivity index (χ2v) is 12.8. The van der Waals surface area contributed by atoms with Crippen LogP contribution in [0.15, 0.2) is 65.8 Å². The maximum absolute atomic E-state index is 11.4. The Kier molecular flexibility index (Phi) is 11.0. The minimum atomic E-state index is -0.983. The molecule has 2 aromatic carbocycles. The van der Waals surface area contributed by atoms with Gasteiger partial charge in [0, 0.05) is 35.3 Å². The molecule has 0 bridgehead atoms. The molecule has 226 valence electrons. The van der Waals surface area contributed by atoms with Crippen molar-refractivity contribution in [1.82, 2.24) is 25.3 Å². The number of aromatic carboxylic acids is 1. The van der Waals surface area contributed by atoms with Crippen LogP contribution in [-0.2, 0) is 6.54 Å². The average Bonchev–Trinajstić information content (AvgIpc) is 2.95. The van der Waals surface area contributed by atoms with Crippen molar-refractivity contribution in [2.45, 2.75) is 64.9 Å². The molecule has 43 heavy (non-hydrogen) atoms. The molecular weight excluding hydrogens is 584 g/mol. The van der Waals surface area contributed by atoms with E-state index in [1.54, 1.807) is 24.4 Å². The Morgan fingerprint density at radius 3 is 2.49 bits per heavy atom. The lowest BCUT2D eigenvalue weighted by atomic mass is 9.89. The second-order valence-electron chi connectivity index (χ2n) is 11.5. The summed E-state index contributed by atoms with van der Waals surface area (Å²) >= 11 is 7.28. The number of halogens is 1. The molecule has 0 amide bonds. The molecule has 1 unspecified atom stereocenters. The van der Waals surface area contributed by atoms with Gasteiger partial charge in [-0.15, -0.1) is 0 Å². The minimum Gasteiger partial charge on any atom is -0.478 e. The lowest BCUT2D eigenvalue weighted by molar-refractivity contribution is 0.0696. The SMILES string of the molecule is Cc1cccc(C)c1-c1cc(OCC(CCC(C)(C)C)NCc2cncc(Cl)n2)nc(NSc2cccc(C(=O)O)c2)n1. The van der Waals surface area contributed by atoms with Crippen molar-refractivity contribution in [1.29, 1.82) is 0 Å². The number of hydrogen-bond acceptors (Lipinski definition) is 9. The Bertz CT molecular complexity index is 1540. The Labute approximate surface area is 262 Å². The highest BCUT2D eigenvalue weighted by molar-refractivity contribution is 8.00. The van der Waals surface area contributed by atoms with Crippen LogP contribution in [0.1, 0.15) is 60.8 Å². The van der Waals surface area contributed by atoms with Crippen LogP contribution in [0.25, 0.3) is 11.3 Å². The van der Waals surface area contributed by atoms with E-state index < -0.39 is 5.97 Å². The molecule has 3 N–H and O–H groups in total. The van der Waals surface area contributed by atoms with E-state index in [2.05, 4.69) is 71.7 Å². The molecule has 0 saturated carbocycles. The van der Waals surface area contributed by atoms with E-state index in [9.17, 15) is 9.90 Å². The maximum Gasteiger partial charge on any atom is 0.335 e. The highest BCUT2D eigenvalue weighted by Gasteiger charge is 2.18. The van der Waals surface area contributed by atoms with Crippen molar-refractivity contribution in [3.63, 3.8) is 0 Å². The van der Waals surface area contributed by atoms with Gasteiger partial charge in [0.2, 0.25) is 11.8 Å². The van der Waals surface area contributed by atoms with Crippen LogP contribution in [0.2, 0.25) is 5.15 Å². The van der Waals surface area contributed by atoms with Gasteiger partial charge in [-0.25, -0.2) is 14.8 Å². The Morgan fingerprint density at radius 2 is 1.79 bits per heavy atom. The average molecular weight is 621 g/mol. The molecular formula is C32H37ClN6O3S. The number of aromatic nitrogens is 4. The second kappa shape index (κ2) is 14.6. The molecule has 2 aromatic heterocycles. The first-order valence-electron chi connectivity index (χ1n) is 14.0. The minimum absolute atomic E-state index is 0.0168. The monoisotopic (exact) mass is 620 g/mol. The first-order valence-corrected chi connectivity index (χ1v) is 15.2. The molecule has 0 fully saturated rings. The van der Waals surface area contributed by atoms with Gasteiger partial charge in [0.25, 0.3) is 0 Å². The predicted octanol–water partition coefficient (Wildman–Crippen LogP) is 7.38. The van der Waals surface area contributed by atoms with Crippen LogP contribution in [0, 0.1) is 19.3 Å². The van der Waals surface area contributed by atoms with E-state index in [1.807, 2.05) is 18.2 Å². The van der Waals surface area contributed by atoms with Gasteiger partial charge in [-0.3, -0.25) is 9.71 Å². The zero-order valence-corrected chi connectivity index (χ0v) is 26.6. The van der Waals surface area contributed by atoms with Crippen molar-refractivity contribution in [2.75, 3.05) is 11.3 Å². The molecule has 4 aromatic rings. The molecule has 1 atom stereocenters. The van der Waals surface area contributed by atoms with Gasteiger partial charge in [0.05, 0.1) is 23.1 Å². The van der Waals surface area contributed by atoms with Crippen LogP contribution < -0.4 is 14.8 Å². The Hall–Kier alpha value is -3.73. The molecule has 0 spiro atoms. The fourth-order valence-corrected chi connectivity index (χ4v) is 5.24. The van der Waals surface area contributed by atoms with Crippen molar-refractivity contribution >= 4 is 35.5 Å². The van der Waals surface area contributed by atoms with Crippen LogP contribution in [0.4, 0.5) is 5.95 Å². The standard InChI is InChI=1S/C32H37ClN6O3S/c1-20-8-6-9-21(2)29(20)26-15-28(38-31(37-26)39-43-25-11-7-10-22(14-25)30(40)41)42-19-23(12-13-32(3,4)5)35-17-24-16-34-18-27(33)36-24/h6-11,14-16,18,23,35H,12-13,17,19H2,1-5H3,(H,40,41)(H,37,38,39). The number of nitrogens with one attached hydrogen (secondary N) is 2. The highest BCUT2D eigenvalue weighted by atomic mass is 35.5. The van der Waals surface area contributed by atoms with Gasteiger partial charge < -0.3 is 15.2 Å². The Balaban J connectivity index is 1.57. The van der Waals surface area contributed by atoms with E-state index in [1.165, 1.54) is 18.1 Å². The number of anilines is 1. The number of nitrogens with zero attached hydrogens (tertiary/aromatic N) is 4. The largest absolute Gasteiger partial charge is 0.478 e. The quantitative estimate of drug-likeness (QED) is 0.130. The van der Waals surface area contributed by atoms with Crippen molar-refractivity contribution in [3.8, 4) is 17.1 Å². The van der Waals surface area contributed by atoms with Crippen LogP contribution in [0.5, 0.6) is 5.88 Å². The van der Waals surface area contributed by atoms with Crippen LogP contribution >= 0.6 is 23.5 Å². The van der Waals surface area contributed by atoms with Crippen molar-refractivity contribution in [3.05, 3.63) is 88.5 Å². The van der Waals surface area contributed by atoms with E-state index in [-0.39, 0.29) is 17.0 Å². The fourth-order valence-electron chi connectivity index (χ4n) is 4.44. The third-order valence-corrected chi connectivity index (χ3v) is 7.64. The lowest BCUT2D eigenvalue weighted by Crippen LogP contribution is -2.35. The molecule has 11 heteroatoms. The third-order valence-electron chi connectivity index (χ3n) is 6.68. The summed E-state index contributed by atoms with van der Waals surface area (Å²) in [5, 5.41) is 13.3. The van der Waals surface area contributed by atoms with Crippen LogP contribution in [0.3, 0.4) is 0 Å². The molecule has 0 aliphatic heterocycles. The topological polar surface area (TPSA) is 122 Å². The summed E-state index contributed by atoms with van der Waals surface area (Å²) in [6.45, 7) is 11.6. The fraction of sp³-hybridized carbons (Fsp3) is 0.344. The van der Waals surface area contributed by atoms with Crippen molar-refractivity contribution in [2.24, 2.45) is 5.41 Å². The molecule has 0 saturated heterocycles. The van der Waals surface area contributed by atoms with Gasteiger partial charge >= 0.3 is 5.97 Å². The van der Waals surface area contributed by atoms with Gasteiger partial charge in [0.15, 0.2) is 0 Å². The number of carboxylic acids is 1. The first kappa shape index (κ1) is 32.2. The third kappa shape index (κ3) is 9.91. The number of ether oxygens (including phenoxy) is 1. The van der Waals surface area contributed by atoms with Gasteiger partial charge in [-0.2, -0.15) is 4.98 Å². The zero-order chi connectivity index (χ0) is 31.0. The first-order chi connectivity index (χ1) is 20.5. The maximum atomic E-state index is 11.4. The zero-order valence-electron chi connectivity index (χ0n) is 25.0. The molecule has 9 nitrogen and oxygen atoms in total. The summed E-state index contributed by atoms with van der Waals surface area (Å²) in [6, 6.07) is 14.7. The van der Waals surface area contributed by atoms with E-state index in [0.29, 0.717) is 30.1 Å². The summed E-state index contributed by atoms with van der Waals surface area (Å²) in [4.78, 5) is 30.1. The molecule has 0 radical (unpaired) electrons. The number of carbonyl (C=O) groups is 1. The van der Waals surface area contributed by atoms with Gasteiger partial charge in [0.1, 0.15) is 11.8 Å². The lowest BCUT2D eigenvalue weighted by Gasteiger charge is -2.24. The van der Waals surface area contributed by atoms with Gasteiger partial charge in [-0.05, 0) is 73.4 Å². The highest BCUT2D eigenvalue weighted by Crippen LogP contribution is 2.30. The number of hydrogen-bond donors (Lipinski definition) is 3. The van der Waals surface area contributed by atoms with Gasteiger partial charge in [-0.1, -0.05) is 56.6 Å². The molecule has 2 heterocycles. The molecule has 4 rings (SSSR count). The number of rotatable bonds is 13.